The van der Waals surface area contributed by atoms with Gasteiger partial charge in [-0.3, -0.25) is 9.80 Å². The summed E-state index contributed by atoms with van der Waals surface area (Å²) in [7, 11) is -1.98. The molecule has 3 heterocycles. The van der Waals surface area contributed by atoms with E-state index in [0.29, 0.717) is 47.4 Å². The Labute approximate surface area is 192 Å². The van der Waals surface area contributed by atoms with Crippen LogP contribution in [0.25, 0.3) is 11.5 Å². The fourth-order valence-electron chi connectivity index (χ4n) is 3.90. The molecule has 2 aromatic heterocycles. The van der Waals surface area contributed by atoms with Crippen molar-refractivity contribution in [1.82, 2.24) is 19.7 Å². The van der Waals surface area contributed by atoms with E-state index in [-0.39, 0.29) is 17.0 Å². The molecular weight excluding hydrogens is 444 g/mol. The van der Waals surface area contributed by atoms with E-state index in [4.69, 9.17) is 4.74 Å². The minimum atomic E-state index is -3.47. The largest absolute Gasteiger partial charge is 0.495 e. The van der Waals surface area contributed by atoms with Crippen molar-refractivity contribution < 1.29 is 17.9 Å². The van der Waals surface area contributed by atoms with Gasteiger partial charge in [0.15, 0.2) is 15.7 Å². The lowest BCUT2D eigenvalue weighted by molar-refractivity contribution is 0.255. The third-order valence-corrected chi connectivity index (χ3v) is 6.78. The lowest BCUT2D eigenvalue weighted by Crippen LogP contribution is -2.32. The molecule has 3 aromatic rings. The monoisotopic (exact) mass is 470 g/mol. The Morgan fingerprint density at radius 2 is 1.85 bits per heavy atom. The lowest BCUT2D eigenvalue weighted by atomic mass is 10.2. The molecule has 10 nitrogen and oxygen atoms in total. The number of sulfone groups is 1. The van der Waals surface area contributed by atoms with Gasteiger partial charge in [-0.2, -0.15) is 0 Å². The van der Waals surface area contributed by atoms with Crippen molar-refractivity contribution in [3.05, 3.63) is 42.2 Å². The first kappa shape index (κ1) is 22.7. The highest BCUT2D eigenvalue weighted by Crippen LogP contribution is 2.36. The molecule has 33 heavy (non-hydrogen) atoms. The van der Waals surface area contributed by atoms with Crippen LogP contribution in [-0.4, -0.2) is 60.7 Å². The molecule has 0 spiro atoms. The number of anilines is 2. The summed E-state index contributed by atoms with van der Waals surface area (Å²) in [5.74, 6) is 1.53. The van der Waals surface area contributed by atoms with E-state index in [2.05, 4.69) is 15.2 Å². The molecule has 174 valence electrons. The molecule has 0 aliphatic carbocycles. The zero-order valence-electron chi connectivity index (χ0n) is 19.2. The van der Waals surface area contributed by atoms with Gasteiger partial charge in [0.25, 0.3) is 0 Å². The minimum absolute atomic E-state index is 0.155. The van der Waals surface area contributed by atoms with Crippen LogP contribution in [0.4, 0.5) is 16.3 Å². The minimum Gasteiger partial charge on any atom is -0.495 e. The number of pyridine rings is 1. The van der Waals surface area contributed by atoms with Gasteiger partial charge in [-0.25, -0.2) is 18.2 Å². The fraction of sp³-hybridized carbons (Fsp3) is 0.364. The number of ether oxygens (including phenoxy) is 1. The number of rotatable bonds is 6. The average molecular weight is 471 g/mol. The van der Waals surface area contributed by atoms with Gasteiger partial charge in [0.05, 0.1) is 17.7 Å². The second-order valence-electron chi connectivity index (χ2n) is 8.18. The van der Waals surface area contributed by atoms with Gasteiger partial charge in [0, 0.05) is 25.4 Å². The molecule has 1 aliphatic rings. The zero-order chi connectivity index (χ0) is 23.9. The molecule has 11 heteroatoms. The fourth-order valence-corrected chi connectivity index (χ4v) is 4.87. The van der Waals surface area contributed by atoms with E-state index in [1.165, 1.54) is 18.1 Å². The van der Waals surface area contributed by atoms with Gasteiger partial charge in [0.1, 0.15) is 23.6 Å². The summed E-state index contributed by atoms with van der Waals surface area (Å²) in [4.78, 5) is 21.3. The Hall–Kier alpha value is -3.47. The van der Waals surface area contributed by atoms with Crippen LogP contribution in [0.1, 0.15) is 25.5 Å². The van der Waals surface area contributed by atoms with Crippen LogP contribution in [-0.2, 0) is 9.84 Å². The Bertz CT molecular complexity index is 1320. The maximum atomic E-state index is 13.4. The maximum absolute atomic E-state index is 13.4. The summed E-state index contributed by atoms with van der Waals surface area (Å²) < 4.78 is 31.8. The standard InChI is InChI=1S/C22H26N6O4S/c1-14(2)28-13-23-25-21(28)16-7-6-8-20(24-16)27-10-9-26(22(27)29)17-12-19(33(5,30)31)15(3)11-18(17)32-4/h6-8,11-14H,9-10H2,1-5H3. The number of aryl methyl sites for hydroxylation is 1. The second kappa shape index (κ2) is 8.47. The molecule has 1 saturated heterocycles. The number of benzene rings is 1. The van der Waals surface area contributed by atoms with Crippen molar-refractivity contribution in [2.45, 2.75) is 31.7 Å². The van der Waals surface area contributed by atoms with Gasteiger partial charge in [-0.05, 0) is 50.6 Å². The quantitative estimate of drug-likeness (QED) is 0.544. The molecular formula is C22H26N6O4S. The number of carbonyl (C=O) groups is 1. The normalized spacial score (nSPS) is 14.4. The summed E-state index contributed by atoms with van der Waals surface area (Å²) in [6, 6.07) is 8.39. The first-order valence-corrected chi connectivity index (χ1v) is 12.4. The Kier molecular flexibility index (Phi) is 5.83. The highest BCUT2D eigenvalue weighted by atomic mass is 32.2. The summed E-state index contributed by atoms with van der Waals surface area (Å²) in [5.41, 5.74) is 1.58. The number of hydrogen-bond donors (Lipinski definition) is 0. The van der Waals surface area contributed by atoms with Crippen molar-refractivity contribution in [2.75, 3.05) is 36.3 Å². The molecule has 0 atom stereocenters. The van der Waals surface area contributed by atoms with E-state index >= 15 is 0 Å². The van der Waals surface area contributed by atoms with E-state index < -0.39 is 9.84 Å². The molecule has 0 bridgehead atoms. The molecule has 1 aliphatic heterocycles. The Balaban J connectivity index is 1.69. The predicted molar refractivity (Wildman–Crippen MR) is 125 cm³/mol. The summed E-state index contributed by atoms with van der Waals surface area (Å²) in [6.07, 6.45) is 2.80. The molecule has 2 amide bonds. The topological polar surface area (TPSA) is 111 Å². The van der Waals surface area contributed by atoms with E-state index in [1.807, 2.05) is 30.5 Å². The van der Waals surface area contributed by atoms with Gasteiger partial charge in [0.2, 0.25) is 0 Å². The highest BCUT2D eigenvalue weighted by Gasteiger charge is 2.34. The first-order valence-electron chi connectivity index (χ1n) is 10.5. The van der Waals surface area contributed by atoms with Gasteiger partial charge >= 0.3 is 6.03 Å². The van der Waals surface area contributed by atoms with Crippen LogP contribution in [0.15, 0.2) is 41.6 Å². The van der Waals surface area contributed by atoms with E-state index in [0.717, 1.165) is 6.26 Å². The number of methoxy groups -OCH3 is 1. The van der Waals surface area contributed by atoms with Crippen LogP contribution < -0.4 is 14.5 Å². The second-order valence-corrected chi connectivity index (χ2v) is 10.2. The van der Waals surface area contributed by atoms with Crippen molar-refractivity contribution in [2.24, 2.45) is 0 Å². The SMILES string of the molecule is COc1cc(C)c(S(C)(=O)=O)cc1N1CCN(c2cccc(-c3nncn3C(C)C)n2)C1=O. The third kappa shape index (κ3) is 4.15. The number of nitrogens with zero attached hydrogens (tertiary/aromatic N) is 6. The predicted octanol–water partition coefficient (Wildman–Crippen LogP) is 3.09. The third-order valence-electron chi connectivity index (χ3n) is 5.55. The molecule has 0 N–H and O–H groups in total. The first-order chi connectivity index (χ1) is 15.6. The summed E-state index contributed by atoms with van der Waals surface area (Å²) in [5, 5.41) is 8.17. The summed E-state index contributed by atoms with van der Waals surface area (Å²) >= 11 is 0. The van der Waals surface area contributed by atoms with Crippen LogP contribution in [0, 0.1) is 6.92 Å². The van der Waals surface area contributed by atoms with Crippen LogP contribution >= 0.6 is 0 Å². The van der Waals surface area contributed by atoms with Crippen molar-refractivity contribution in [3.8, 4) is 17.3 Å². The number of aromatic nitrogens is 4. The number of carbonyl (C=O) groups excluding carboxylic acids is 1. The number of urea groups is 1. The zero-order valence-corrected chi connectivity index (χ0v) is 20.0. The average Bonchev–Trinajstić information content (AvgIpc) is 3.40. The molecule has 0 unspecified atom stereocenters. The Morgan fingerprint density at radius 3 is 2.52 bits per heavy atom. The van der Waals surface area contributed by atoms with Crippen molar-refractivity contribution in [1.29, 1.82) is 0 Å². The van der Waals surface area contributed by atoms with Crippen molar-refractivity contribution in [3.63, 3.8) is 0 Å². The molecule has 0 radical (unpaired) electrons. The number of hydrogen-bond acceptors (Lipinski definition) is 7. The van der Waals surface area contributed by atoms with Gasteiger partial charge in [-0.1, -0.05) is 6.07 Å². The van der Waals surface area contributed by atoms with Gasteiger partial charge < -0.3 is 9.30 Å². The van der Waals surface area contributed by atoms with Crippen LogP contribution in [0.3, 0.4) is 0 Å². The Morgan fingerprint density at radius 1 is 1.12 bits per heavy atom. The number of amides is 2. The van der Waals surface area contributed by atoms with E-state index in [1.54, 1.807) is 30.3 Å². The molecule has 1 aromatic carbocycles. The summed E-state index contributed by atoms with van der Waals surface area (Å²) in [6.45, 7) is 6.50. The maximum Gasteiger partial charge on any atom is 0.330 e. The van der Waals surface area contributed by atoms with Gasteiger partial charge in [-0.15, -0.1) is 10.2 Å². The molecule has 4 rings (SSSR count). The van der Waals surface area contributed by atoms with Crippen LogP contribution in [0.2, 0.25) is 0 Å². The molecule has 0 saturated carbocycles. The van der Waals surface area contributed by atoms with E-state index in [9.17, 15) is 13.2 Å². The molecule has 1 fully saturated rings. The lowest BCUT2D eigenvalue weighted by Gasteiger charge is -2.22. The van der Waals surface area contributed by atoms with Crippen LogP contribution in [0.5, 0.6) is 5.75 Å². The van der Waals surface area contributed by atoms with Crippen molar-refractivity contribution >= 4 is 27.4 Å². The smallest absolute Gasteiger partial charge is 0.330 e. The highest BCUT2D eigenvalue weighted by molar-refractivity contribution is 7.90.